The number of aromatic nitrogens is 1. The second-order valence-electron chi connectivity index (χ2n) is 5.84. The van der Waals surface area contributed by atoms with Crippen molar-refractivity contribution in [1.29, 1.82) is 0 Å². The summed E-state index contributed by atoms with van der Waals surface area (Å²) in [5, 5.41) is 6.92. The molecule has 1 unspecified atom stereocenters. The second kappa shape index (κ2) is 6.55. The first-order chi connectivity index (χ1) is 9.83. The van der Waals surface area contributed by atoms with Crippen molar-refractivity contribution in [3.63, 3.8) is 0 Å². The third-order valence-electron chi connectivity index (χ3n) is 4.02. The Bertz CT molecular complexity index is 545. The van der Waals surface area contributed by atoms with Crippen LogP contribution in [-0.2, 0) is 0 Å². The van der Waals surface area contributed by atoms with E-state index in [2.05, 4.69) is 39.6 Å². The summed E-state index contributed by atoms with van der Waals surface area (Å²) in [6, 6.07) is 4.24. The number of piperidine rings is 1. The van der Waals surface area contributed by atoms with Gasteiger partial charge in [-0.15, -0.1) is 11.3 Å². The molecule has 0 amide bonds. The SMILES string of the molecule is CC(CNc1nccc2sccc12)CN1CCCCC1. The predicted octanol–water partition coefficient (Wildman–Crippen LogP) is 3.83. The molecule has 20 heavy (non-hydrogen) atoms. The monoisotopic (exact) mass is 289 g/mol. The Hall–Kier alpha value is -1.13. The highest BCUT2D eigenvalue weighted by Gasteiger charge is 2.13. The van der Waals surface area contributed by atoms with Gasteiger partial charge in [-0.25, -0.2) is 4.98 Å². The van der Waals surface area contributed by atoms with Gasteiger partial charge < -0.3 is 10.2 Å². The van der Waals surface area contributed by atoms with Crippen LogP contribution in [0.1, 0.15) is 26.2 Å². The highest BCUT2D eigenvalue weighted by atomic mass is 32.1. The van der Waals surface area contributed by atoms with Crippen LogP contribution in [0.4, 0.5) is 5.82 Å². The summed E-state index contributed by atoms with van der Waals surface area (Å²) in [6.07, 6.45) is 6.05. The van der Waals surface area contributed by atoms with Crippen molar-refractivity contribution >= 4 is 27.2 Å². The molecule has 3 nitrogen and oxygen atoms in total. The van der Waals surface area contributed by atoms with Crippen LogP contribution in [0.15, 0.2) is 23.7 Å². The summed E-state index contributed by atoms with van der Waals surface area (Å²) < 4.78 is 1.31. The molecular weight excluding hydrogens is 266 g/mol. The number of fused-ring (bicyclic) bond motifs is 1. The van der Waals surface area contributed by atoms with Gasteiger partial charge >= 0.3 is 0 Å². The fraction of sp³-hybridized carbons (Fsp3) is 0.562. The largest absolute Gasteiger partial charge is 0.369 e. The molecule has 3 heterocycles. The van der Waals surface area contributed by atoms with Gasteiger partial charge in [0, 0.05) is 29.4 Å². The van der Waals surface area contributed by atoms with E-state index < -0.39 is 0 Å². The number of nitrogens with one attached hydrogen (secondary N) is 1. The van der Waals surface area contributed by atoms with Gasteiger partial charge in [-0.2, -0.15) is 0 Å². The standard InChI is InChI=1S/C16H23N3S/c1-13(12-19-8-3-2-4-9-19)11-18-16-14-6-10-20-15(14)5-7-17-16/h5-7,10,13H,2-4,8-9,11-12H2,1H3,(H,17,18). The van der Waals surface area contributed by atoms with Gasteiger partial charge in [0.25, 0.3) is 0 Å². The number of likely N-dealkylation sites (tertiary alicyclic amines) is 1. The zero-order valence-electron chi connectivity index (χ0n) is 12.1. The third kappa shape index (κ3) is 3.30. The lowest BCUT2D eigenvalue weighted by Crippen LogP contribution is -2.35. The van der Waals surface area contributed by atoms with Gasteiger partial charge in [0.1, 0.15) is 5.82 Å². The Morgan fingerprint density at radius 2 is 2.15 bits per heavy atom. The van der Waals surface area contributed by atoms with E-state index in [0.717, 1.165) is 12.4 Å². The minimum absolute atomic E-state index is 0.656. The summed E-state index contributed by atoms with van der Waals surface area (Å²) in [4.78, 5) is 7.09. The molecular formula is C16H23N3S. The van der Waals surface area contributed by atoms with E-state index in [1.165, 1.54) is 49.0 Å². The molecule has 0 saturated carbocycles. The van der Waals surface area contributed by atoms with E-state index in [0.29, 0.717) is 5.92 Å². The lowest BCUT2D eigenvalue weighted by atomic mass is 10.1. The lowest BCUT2D eigenvalue weighted by Gasteiger charge is -2.29. The Balaban J connectivity index is 1.54. The van der Waals surface area contributed by atoms with E-state index in [1.807, 2.05) is 6.20 Å². The molecule has 0 spiro atoms. The van der Waals surface area contributed by atoms with Crippen molar-refractivity contribution in [2.75, 3.05) is 31.5 Å². The molecule has 4 heteroatoms. The van der Waals surface area contributed by atoms with Crippen LogP contribution in [0, 0.1) is 5.92 Å². The topological polar surface area (TPSA) is 28.2 Å². The first-order valence-electron chi connectivity index (χ1n) is 7.61. The third-order valence-corrected chi connectivity index (χ3v) is 4.90. The molecule has 1 N–H and O–H groups in total. The fourth-order valence-electron chi connectivity index (χ4n) is 2.95. The number of hydrogen-bond acceptors (Lipinski definition) is 4. The van der Waals surface area contributed by atoms with E-state index in [4.69, 9.17) is 0 Å². The van der Waals surface area contributed by atoms with Crippen LogP contribution >= 0.6 is 11.3 Å². The summed E-state index contributed by atoms with van der Waals surface area (Å²) in [7, 11) is 0. The Kier molecular flexibility index (Phi) is 4.53. The van der Waals surface area contributed by atoms with Crippen molar-refractivity contribution in [2.45, 2.75) is 26.2 Å². The van der Waals surface area contributed by atoms with E-state index in [-0.39, 0.29) is 0 Å². The first kappa shape index (κ1) is 13.8. The molecule has 1 aliphatic heterocycles. The van der Waals surface area contributed by atoms with Gasteiger partial charge in [0.2, 0.25) is 0 Å². The summed E-state index contributed by atoms with van der Waals surface area (Å²) >= 11 is 1.78. The molecule has 1 saturated heterocycles. The van der Waals surface area contributed by atoms with Crippen molar-refractivity contribution < 1.29 is 0 Å². The number of pyridine rings is 1. The fourth-order valence-corrected chi connectivity index (χ4v) is 3.74. The van der Waals surface area contributed by atoms with Gasteiger partial charge in [0.15, 0.2) is 0 Å². The minimum atomic E-state index is 0.656. The van der Waals surface area contributed by atoms with Crippen molar-refractivity contribution in [3.05, 3.63) is 23.7 Å². The second-order valence-corrected chi connectivity index (χ2v) is 6.79. The van der Waals surface area contributed by atoms with Crippen LogP contribution in [0.5, 0.6) is 0 Å². The maximum absolute atomic E-state index is 4.48. The summed E-state index contributed by atoms with van der Waals surface area (Å²) in [5.74, 6) is 1.69. The van der Waals surface area contributed by atoms with Crippen molar-refractivity contribution in [3.8, 4) is 0 Å². The number of rotatable bonds is 5. The molecule has 0 aromatic carbocycles. The minimum Gasteiger partial charge on any atom is -0.369 e. The van der Waals surface area contributed by atoms with E-state index in [9.17, 15) is 0 Å². The van der Waals surface area contributed by atoms with Gasteiger partial charge in [-0.3, -0.25) is 0 Å². The summed E-state index contributed by atoms with van der Waals surface area (Å²) in [5.41, 5.74) is 0. The Morgan fingerprint density at radius 3 is 3.00 bits per heavy atom. The molecule has 0 bridgehead atoms. The molecule has 108 valence electrons. The maximum atomic E-state index is 4.48. The highest BCUT2D eigenvalue weighted by Crippen LogP contribution is 2.25. The average Bonchev–Trinajstić information content (AvgIpc) is 2.95. The molecule has 1 atom stereocenters. The molecule has 1 aliphatic rings. The van der Waals surface area contributed by atoms with Crippen LogP contribution in [0.2, 0.25) is 0 Å². The van der Waals surface area contributed by atoms with Crippen LogP contribution in [-0.4, -0.2) is 36.1 Å². The summed E-state index contributed by atoms with van der Waals surface area (Å²) in [6.45, 7) is 7.09. The van der Waals surface area contributed by atoms with Gasteiger partial charge in [-0.1, -0.05) is 13.3 Å². The molecule has 2 aromatic rings. The molecule has 2 aromatic heterocycles. The Morgan fingerprint density at radius 1 is 1.30 bits per heavy atom. The molecule has 3 rings (SSSR count). The molecule has 0 radical (unpaired) electrons. The van der Waals surface area contributed by atoms with Crippen molar-refractivity contribution in [1.82, 2.24) is 9.88 Å². The van der Waals surface area contributed by atoms with Crippen LogP contribution < -0.4 is 5.32 Å². The van der Waals surface area contributed by atoms with E-state index in [1.54, 1.807) is 11.3 Å². The van der Waals surface area contributed by atoms with Crippen LogP contribution in [0.3, 0.4) is 0 Å². The zero-order valence-corrected chi connectivity index (χ0v) is 13.0. The quantitative estimate of drug-likeness (QED) is 0.906. The maximum Gasteiger partial charge on any atom is 0.134 e. The average molecular weight is 289 g/mol. The molecule has 0 aliphatic carbocycles. The lowest BCUT2D eigenvalue weighted by molar-refractivity contribution is 0.204. The molecule has 1 fully saturated rings. The van der Waals surface area contributed by atoms with Crippen LogP contribution in [0.25, 0.3) is 10.1 Å². The Labute approximate surface area is 125 Å². The zero-order chi connectivity index (χ0) is 13.8. The number of thiophene rings is 1. The number of hydrogen-bond donors (Lipinski definition) is 1. The van der Waals surface area contributed by atoms with Crippen molar-refractivity contribution in [2.24, 2.45) is 5.92 Å². The highest BCUT2D eigenvalue weighted by molar-refractivity contribution is 7.17. The van der Waals surface area contributed by atoms with Gasteiger partial charge in [-0.05, 0) is 49.4 Å². The smallest absolute Gasteiger partial charge is 0.134 e. The predicted molar refractivity (Wildman–Crippen MR) is 87.6 cm³/mol. The van der Waals surface area contributed by atoms with E-state index >= 15 is 0 Å². The number of anilines is 1. The number of nitrogens with zero attached hydrogens (tertiary/aromatic N) is 2. The normalized spacial score (nSPS) is 18.2. The first-order valence-corrected chi connectivity index (χ1v) is 8.49. The van der Waals surface area contributed by atoms with Gasteiger partial charge in [0.05, 0.1) is 0 Å².